The molecule has 0 fully saturated rings. The van der Waals surface area contributed by atoms with Crippen molar-refractivity contribution in [2.45, 2.75) is 32.2 Å². The number of benzene rings is 1. The maximum Gasteiger partial charge on any atom is 0.0585 e. The predicted molar refractivity (Wildman–Crippen MR) is 80.4 cm³/mol. The predicted octanol–water partition coefficient (Wildman–Crippen LogP) is 4.35. The van der Waals surface area contributed by atoms with E-state index in [0.29, 0.717) is 0 Å². The van der Waals surface area contributed by atoms with Crippen LogP contribution in [0.5, 0.6) is 0 Å². The zero-order chi connectivity index (χ0) is 13.2. The normalized spacial score (nSPS) is 13.6. The van der Waals surface area contributed by atoms with E-state index in [1.165, 1.54) is 16.7 Å². The minimum absolute atomic E-state index is 0.168. The summed E-state index contributed by atoms with van der Waals surface area (Å²) in [5, 5.41) is 7.80. The standard InChI is InChI=1S/C16H21NS/c1-16(2,3)14-8-6-5-7-13(14)15(17-4)12-9-10-18-11-12/h5-11,15,17H,1-4H3. The maximum absolute atomic E-state index is 3.44. The van der Waals surface area contributed by atoms with E-state index in [4.69, 9.17) is 0 Å². The zero-order valence-corrected chi connectivity index (χ0v) is 12.3. The molecule has 0 aliphatic heterocycles. The quantitative estimate of drug-likeness (QED) is 0.864. The lowest BCUT2D eigenvalue weighted by Crippen LogP contribution is -2.23. The number of hydrogen-bond acceptors (Lipinski definition) is 2. The summed E-state index contributed by atoms with van der Waals surface area (Å²) in [6, 6.07) is 11.2. The van der Waals surface area contributed by atoms with E-state index in [1.54, 1.807) is 11.3 Å². The van der Waals surface area contributed by atoms with Gasteiger partial charge in [0.1, 0.15) is 0 Å². The Hall–Kier alpha value is -1.12. The van der Waals surface area contributed by atoms with Crippen LogP contribution in [-0.2, 0) is 5.41 Å². The van der Waals surface area contributed by atoms with Gasteiger partial charge in [-0.3, -0.25) is 0 Å². The first-order valence-corrected chi connectivity index (χ1v) is 7.27. The molecule has 1 unspecified atom stereocenters. The fourth-order valence-electron chi connectivity index (χ4n) is 2.37. The molecule has 1 aromatic carbocycles. The molecule has 2 heteroatoms. The van der Waals surface area contributed by atoms with E-state index in [2.05, 4.69) is 67.2 Å². The molecule has 0 saturated carbocycles. The Labute approximate surface area is 114 Å². The van der Waals surface area contributed by atoms with Crippen LogP contribution in [0, 0.1) is 0 Å². The smallest absolute Gasteiger partial charge is 0.0585 e. The molecular formula is C16H21NS. The van der Waals surface area contributed by atoms with E-state index >= 15 is 0 Å². The Morgan fingerprint density at radius 1 is 1.11 bits per heavy atom. The zero-order valence-electron chi connectivity index (χ0n) is 11.5. The third-order valence-corrected chi connectivity index (χ3v) is 3.95. The SMILES string of the molecule is CNC(c1ccsc1)c1ccccc1C(C)(C)C. The fraction of sp³-hybridized carbons (Fsp3) is 0.375. The molecule has 0 spiro atoms. The van der Waals surface area contributed by atoms with Crippen LogP contribution in [0.4, 0.5) is 0 Å². The largest absolute Gasteiger partial charge is 0.309 e. The van der Waals surface area contributed by atoms with Crippen molar-refractivity contribution < 1.29 is 0 Å². The summed E-state index contributed by atoms with van der Waals surface area (Å²) in [4.78, 5) is 0. The van der Waals surface area contributed by atoms with E-state index < -0.39 is 0 Å². The first kappa shape index (κ1) is 13.3. The highest BCUT2D eigenvalue weighted by Gasteiger charge is 2.22. The Balaban J connectivity index is 2.50. The molecule has 0 saturated heterocycles. The average molecular weight is 259 g/mol. The summed E-state index contributed by atoms with van der Waals surface area (Å²) >= 11 is 1.75. The van der Waals surface area contributed by atoms with Crippen molar-refractivity contribution in [3.63, 3.8) is 0 Å². The van der Waals surface area contributed by atoms with Gasteiger partial charge in [-0.25, -0.2) is 0 Å². The number of rotatable bonds is 3. The van der Waals surface area contributed by atoms with E-state index in [-0.39, 0.29) is 11.5 Å². The highest BCUT2D eigenvalue weighted by Crippen LogP contribution is 2.33. The van der Waals surface area contributed by atoms with Gasteiger partial charge in [-0.1, -0.05) is 45.0 Å². The Morgan fingerprint density at radius 2 is 1.83 bits per heavy atom. The summed E-state index contributed by atoms with van der Waals surface area (Å²) < 4.78 is 0. The van der Waals surface area contributed by atoms with Crippen LogP contribution >= 0.6 is 11.3 Å². The Kier molecular flexibility index (Phi) is 3.88. The molecule has 18 heavy (non-hydrogen) atoms. The van der Waals surface area contributed by atoms with Crippen LogP contribution in [0.25, 0.3) is 0 Å². The Bertz CT molecular complexity index is 494. The minimum atomic E-state index is 0.168. The second-order valence-electron chi connectivity index (χ2n) is 5.62. The molecule has 0 aliphatic carbocycles. The molecule has 96 valence electrons. The van der Waals surface area contributed by atoms with E-state index in [0.717, 1.165) is 0 Å². The molecule has 2 rings (SSSR count). The summed E-state index contributed by atoms with van der Waals surface area (Å²) in [5.74, 6) is 0. The van der Waals surface area contributed by atoms with Gasteiger partial charge in [0.05, 0.1) is 6.04 Å². The van der Waals surface area contributed by atoms with Gasteiger partial charge in [-0.2, -0.15) is 11.3 Å². The molecule has 2 aromatic rings. The lowest BCUT2D eigenvalue weighted by atomic mass is 9.81. The summed E-state index contributed by atoms with van der Waals surface area (Å²) in [6.45, 7) is 6.81. The Morgan fingerprint density at radius 3 is 2.39 bits per heavy atom. The van der Waals surface area contributed by atoms with Crippen molar-refractivity contribution in [1.82, 2.24) is 5.32 Å². The highest BCUT2D eigenvalue weighted by atomic mass is 32.1. The molecule has 1 nitrogen and oxygen atoms in total. The summed E-state index contributed by atoms with van der Waals surface area (Å²) in [6.07, 6.45) is 0. The van der Waals surface area contributed by atoms with Gasteiger partial charge < -0.3 is 5.32 Å². The van der Waals surface area contributed by atoms with Crippen molar-refractivity contribution >= 4 is 11.3 Å². The van der Waals surface area contributed by atoms with Gasteiger partial charge in [0.2, 0.25) is 0 Å². The minimum Gasteiger partial charge on any atom is -0.309 e. The number of thiophene rings is 1. The monoisotopic (exact) mass is 259 g/mol. The topological polar surface area (TPSA) is 12.0 Å². The van der Waals surface area contributed by atoms with Gasteiger partial charge in [0, 0.05) is 0 Å². The highest BCUT2D eigenvalue weighted by molar-refractivity contribution is 7.08. The van der Waals surface area contributed by atoms with Gasteiger partial charge >= 0.3 is 0 Å². The van der Waals surface area contributed by atoms with Crippen LogP contribution in [0.15, 0.2) is 41.1 Å². The van der Waals surface area contributed by atoms with E-state index in [9.17, 15) is 0 Å². The average Bonchev–Trinajstić information content (AvgIpc) is 2.83. The van der Waals surface area contributed by atoms with Crippen molar-refractivity contribution in [2.24, 2.45) is 0 Å². The third-order valence-electron chi connectivity index (χ3n) is 3.24. The van der Waals surface area contributed by atoms with Crippen molar-refractivity contribution in [3.8, 4) is 0 Å². The summed E-state index contributed by atoms with van der Waals surface area (Å²) in [7, 11) is 2.03. The van der Waals surface area contributed by atoms with Crippen LogP contribution in [0.1, 0.15) is 43.5 Å². The fourth-order valence-corrected chi connectivity index (χ4v) is 3.06. The van der Waals surface area contributed by atoms with Gasteiger partial charge in [-0.15, -0.1) is 0 Å². The first-order chi connectivity index (χ1) is 8.54. The lowest BCUT2D eigenvalue weighted by molar-refractivity contribution is 0.567. The second-order valence-corrected chi connectivity index (χ2v) is 6.40. The van der Waals surface area contributed by atoms with Crippen molar-refractivity contribution in [3.05, 3.63) is 57.8 Å². The van der Waals surface area contributed by atoms with Crippen LogP contribution < -0.4 is 5.32 Å². The third kappa shape index (κ3) is 2.65. The van der Waals surface area contributed by atoms with Crippen molar-refractivity contribution in [2.75, 3.05) is 7.05 Å². The van der Waals surface area contributed by atoms with Gasteiger partial charge in [0.25, 0.3) is 0 Å². The van der Waals surface area contributed by atoms with Gasteiger partial charge in [-0.05, 0) is 46.0 Å². The van der Waals surface area contributed by atoms with Crippen LogP contribution in [0.2, 0.25) is 0 Å². The molecule has 1 N–H and O–H groups in total. The molecule has 0 radical (unpaired) electrons. The number of hydrogen-bond donors (Lipinski definition) is 1. The molecular weight excluding hydrogens is 238 g/mol. The van der Waals surface area contributed by atoms with Crippen LogP contribution in [-0.4, -0.2) is 7.05 Å². The molecule has 0 aliphatic rings. The van der Waals surface area contributed by atoms with E-state index in [1.807, 2.05) is 7.05 Å². The van der Waals surface area contributed by atoms with Crippen molar-refractivity contribution in [1.29, 1.82) is 0 Å². The summed E-state index contributed by atoms with van der Waals surface area (Å²) in [5.41, 5.74) is 4.31. The second kappa shape index (κ2) is 5.25. The van der Waals surface area contributed by atoms with Gasteiger partial charge in [0.15, 0.2) is 0 Å². The molecule has 0 amide bonds. The lowest BCUT2D eigenvalue weighted by Gasteiger charge is -2.27. The molecule has 0 bridgehead atoms. The molecule has 1 heterocycles. The number of nitrogens with one attached hydrogen (secondary N) is 1. The van der Waals surface area contributed by atoms with Crippen LogP contribution in [0.3, 0.4) is 0 Å². The molecule has 1 aromatic heterocycles. The first-order valence-electron chi connectivity index (χ1n) is 6.33. The molecule has 1 atom stereocenters. The maximum atomic E-state index is 3.44.